The Morgan fingerprint density at radius 1 is 1.64 bits per heavy atom. The van der Waals surface area contributed by atoms with Gasteiger partial charge in [-0.2, -0.15) is 0 Å². The Hall–Kier alpha value is -0.0500. The summed E-state index contributed by atoms with van der Waals surface area (Å²) in [5, 5.41) is 8.65. The monoisotopic (exact) mass is 177 g/mol. The van der Waals surface area contributed by atoms with Crippen molar-refractivity contribution in [2.75, 3.05) is 32.1 Å². The summed E-state index contributed by atoms with van der Waals surface area (Å²) in [4.78, 5) is 2.10. The van der Waals surface area contributed by atoms with Crippen molar-refractivity contribution in [1.82, 2.24) is 4.90 Å². The van der Waals surface area contributed by atoms with Crippen LogP contribution in [0.3, 0.4) is 0 Å². The van der Waals surface area contributed by atoms with E-state index in [1.165, 1.54) is 0 Å². The largest absolute Gasteiger partial charge is 0.395 e. The molecular formula is C8H16ClNO. The fourth-order valence-corrected chi connectivity index (χ4v) is 0.933. The summed E-state index contributed by atoms with van der Waals surface area (Å²) in [5.74, 6) is 0.502. The molecule has 0 spiro atoms. The first kappa shape index (κ1) is 11.0. The standard InChI is InChI=1S/C8H16ClNO/c1-3-10(4-5-11)7-8(2)6-9/h11H,2-7H2,1H3. The number of aliphatic hydroxyl groups excluding tert-OH is 1. The molecule has 2 nitrogen and oxygen atoms in total. The summed E-state index contributed by atoms with van der Waals surface area (Å²) in [7, 11) is 0. The minimum absolute atomic E-state index is 0.198. The quantitative estimate of drug-likeness (QED) is 0.485. The molecule has 0 saturated carbocycles. The highest BCUT2D eigenvalue weighted by atomic mass is 35.5. The molecule has 0 aromatic carbocycles. The van der Waals surface area contributed by atoms with Gasteiger partial charge in [-0.05, 0) is 12.1 Å². The number of halogens is 1. The molecule has 0 aliphatic carbocycles. The van der Waals surface area contributed by atoms with Crippen molar-refractivity contribution in [2.24, 2.45) is 0 Å². The highest BCUT2D eigenvalue weighted by Gasteiger charge is 2.01. The molecule has 0 aromatic rings. The van der Waals surface area contributed by atoms with Gasteiger partial charge in [0.2, 0.25) is 0 Å². The van der Waals surface area contributed by atoms with Crippen molar-refractivity contribution in [3.8, 4) is 0 Å². The van der Waals surface area contributed by atoms with Crippen LogP contribution >= 0.6 is 11.6 Å². The van der Waals surface area contributed by atoms with Gasteiger partial charge < -0.3 is 5.11 Å². The van der Waals surface area contributed by atoms with E-state index >= 15 is 0 Å². The highest BCUT2D eigenvalue weighted by molar-refractivity contribution is 6.19. The van der Waals surface area contributed by atoms with E-state index in [4.69, 9.17) is 16.7 Å². The first-order chi connectivity index (χ1) is 5.24. The van der Waals surface area contributed by atoms with E-state index < -0.39 is 0 Å². The Labute approximate surface area is 73.5 Å². The van der Waals surface area contributed by atoms with Gasteiger partial charge in [-0.3, -0.25) is 4.90 Å². The minimum atomic E-state index is 0.198. The summed E-state index contributed by atoms with van der Waals surface area (Å²) < 4.78 is 0. The first-order valence-electron chi connectivity index (χ1n) is 3.80. The summed E-state index contributed by atoms with van der Waals surface area (Å²) >= 11 is 5.56. The zero-order chi connectivity index (χ0) is 8.69. The van der Waals surface area contributed by atoms with Crippen LogP contribution in [0.15, 0.2) is 12.2 Å². The number of hydrogen-bond acceptors (Lipinski definition) is 2. The molecule has 0 saturated heterocycles. The fourth-order valence-electron chi connectivity index (χ4n) is 0.849. The summed E-state index contributed by atoms with van der Waals surface area (Å²) in [6.45, 7) is 8.46. The van der Waals surface area contributed by atoms with Gasteiger partial charge in [-0.15, -0.1) is 11.6 Å². The Morgan fingerprint density at radius 3 is 2.64 bits per heavy atom. The third-order valence-corrected chi connectivity index (χ3v) is 1.88. The van der Waals surface area contributed by atoms with Crippen LogP contribution in [0.2, 0.25) is 0 Å². The van der Waals surface area contributed by atoms with E-state index in [1.807, 2.05) is 0 Å². The molecule has 1 N–H and O–H groups in total. The molecule has 0 aliphatic heterocycles. The van der Waals surface area contributed by atoms with Crippen molar-refractivity contribution in [1.29, 1.82) is 0 Å². The van der Waals surface area contributed by atoms with E-state index in [1.54, 1.807) is 0 Å². The molecule has 0 unspecified atom stereocenters. The molecule has 0 radical (unpaired) electrons. The Kier molecular flexibility index (Phi) is 6.62. The fraction of sp³-hybridized carbons (Fsp3) is 0.750. The third kappa shape index (κ3) is 5.24. The van der Waals surface area contributed by atoms with Gasteiger partial charge in [0.1, 0.15) is 0 Å². The molecule has 0 amide bonds. The molecule has 0 rings (SSSR count). The lowest BCUT2D eigenvalue weighted by molar-refractivity contribution is 0.212. The van der Waals surface area contributed by atoms with Gasteiger partial charge in [-0.25, -0.2) is 0 Å². The van der Waals surface area contributed by atoms with E-state index in [0.717, 1.165) is 18.7 Å². The van der Waals surface area contributed by atoms with Crippen molar-refractivity contribution in [2.45, 2.75) is 6.92 Å². The zero-order valence-electron chi connectivity index (χ0n) is 7.02. The molecule has 3 heteroatoms. The van der Waals surface area contributed by atoms with Crippen LogP contribution < -0.4 is 0 Å². The number of likely N-dealkylation sites (N-methyl/N-ethyl adjacent to an activating group) is 1. The minimum Gasteiger partial charge on any atom is -0.395 e. The van der Waals surface area contributed by atoms with E-state index in [9.17, 15) is 0 Å². The van der Waals surface area contributed by atoms with Crippen LogP contribution in [-0.4, -0.2) is 42.1 Å². The van der Waals surface area contributed by atoms with Crippen molar-refractivity contribution in [3.05, 3.63) is 12.2 Å². The lowest BCUT2D eigenvalue weighted by atomic mass is 10.3. The number of aliphatic hydroxyl groups is 1. The second-order valence-electron chi connectivity index (χ2n) is 2.48. The van der Waals surface area contributed by atoms with Crippen LogP contribution in [0.4, 0.5) is 0 Å². The molecule has 0 atom stereocenters. The molecule has 0 aromatic heterocycles. The average molecular weight is 178 g/mol. The summed E-state index contributed by atoms with van der Waals surface area (Å²) in [5.41, 5.74) is 1.00. The third-order valence-electron chi connectivity index (χ3n) is 1.50. The van der Waals surface area contributed by atoms with E-state index in [-0.39, 0.29) is 6.61 Å². The van der Waals surface area contributed by atoms with Crippen molar-refractivity contribution >= 4 is 11.6 Å². The number of rotatable bonds is 6. The molecule has 0 bridgehead atoms. The lowest BCUT2D eigenvalue weighted by Gasteiger charge is -2.19. The highest BCUT2D eigenvalue weighted by Crippen LogP contribution is 1.98. The van der Waals surface area contributed by atoms with Crippen LogP contribution in [0.25, 0.3) is 0 Å². The Morgan fingerprint density at radius 2 is 2.27 bits per heavy atom. The second kappa shape index (κ2) is 6.65. The normalized spacial score (nSPS) is 10.5. The van der Waals surface area contributed by atoms with Gasteiger partial charge in [0.15, 0.2) is 0 Å². The second-order valence-corrected chi connectivity index (χ2v) is 2.74. The molecular weight excluding hydrogens is 162 g/mol. The van der Waals surface area contributed by atoms with E-state index in [2.05, 4.69) is 18.4 Å². The number of hydrogen-bond donors (Lipinski definition) is 1. The molecule has 0 aliphatic rings. The summed E-state index contributed by atoms with van der Waals surface area (Å²) in [6, 6.07) is 0. The maximum atomic E-state index is 8.65. The van der Waals surface area contributed by atoms with Gasteiger partial charge in [0.25, 0.3) is 0 Å². The van der Waals surface area contributed by atoms with Gasteiger partial charge >= 0.3 is 0 Å². The van der Waals surface area contributed by atoms with E-state index in [0.29, 0.717) is 12.4 Å². The van der Waals surface area contributed by atoms with Crippen LogP contribution in [-0.2, 0) is 0 Å². The Bertz CT molecular complexity index is 117. The van der Waals surface area contributed by atoms with Crippen molar-refractivity contribution in [3.63, 3.8) is 0 Å². The molecule has 0 fully saturated rings. The molecule has 0 heterocycles. The lowest BCUT2D eigenvalue weighted by Crippen LogP contribution is -2.28. The van der Waals surface area contributed by atoms with Crippen molar-refractivity contribution < 1.29 is 5.11 Å². The summed E-state index contributed by atoms with van der Waals surface area (Å²) in [6.07, 6.45) is 0. The van der Waals surface area contributed by atoms with Gasteiger partial charge in [0.05, 0.1) is 6.61 Å². The van der Waals surface area contributed by atoms with Gasteiger partial charge in [-0.1, -0.05) is 13.5 Å². The average Bonchev–Trinajstić information content (AvgIpc) is 2.03. The maximum absolute atomic E-state index is 8.65. The molecule has 66 valence electrons. The van der Waals surface area contributed by atoms with Crippen LogP contribution in [0, 0.1) is 0 Å². The topological polar surface area (TPSA) is 23.5 Å². The van der Waals surface area contributed by atoms with Crippen LogP contribution in [0.5, 0.6) is 0 Å². The predicted molar refractivity (Wildman–Crippen MR) is 49.1 cm³/mol. The Balaban J connectivity index is 3.58. The number of alkyl halides is 1. The molecule has 11 heavy (non-hydrogen) atoms. The number of nitrogens with zero attached hydrogens (tertiary/aromatic N) is 1. The van der Waals surface area contributed by atoms with Crippen LogP contribution in [0.1, 0.15) is 6.92 Å². The zero-order valence-corrected chi connectivity index (χ0v) is 7.77. The first-order valence-corrected chi connectivity index (χ1v) is 4.33. The SMILES string of the molecule is C=C(CCl)CN(CC)CCO. The maximum Gasteiger partial charge on any atom is 0.0558 e. The smallest absolute Gasteiger partial charge is 0.0558 e. The van der Waals surface area contributed by atoms with Gasteiger partial charge in [0, 0.05) is 19.0 Å². The predicted octanol–water partition coefficient (Wildman–Crippen LogP) is 1.10.